The van der Waals surface area contributed by atoms with Gasteiger partial charge < -0.3 is 23.2 Å². The summed E-state index contributed by atoms with van der Waals surface area (Å²) in [6.45, 7) is 6.82. The molecule has 0 aliphatic carbocycles. The van der Waals surface area contributed by atoms with Crippen LogP contribution in [0.2, 0.25) is 10.0 Å². The van der Waals surface area contributed by atoms with Gasteiger partial charge in [0, 0.05) is 32.7 Å². The molecule has 0 aliphatic heterocycles. The maximum atomic E-state index is 12.7. The molecule has 0 saturated heterocycles. The van der Waals surface area contributed by atoms with Gasteiger partial charge in [0.1, 0.15) is 24.7 Å². The Hall–Kier alpha value is -4.18. The third-order valence-electron chi connectivity index (χ3n) is 6.73. The number of amides is 1. The van der Waals surface area contributed by atoms with E-state index in [1.165, 1.54) is 6.21 Å². The average molecular weight is 711 g/mol. The summed E-state index contributed by atoms with van der Waals surface area (Å²) in [5, 5.41) is 5.14. The van der Waals surface area contributed by atoms with Gasteiger partial charge in [-0.1, -0.05) is 29.3 Å². The SMILES string of the molecule is CCOc1cc(/C=N/NC(=O)c2ccc(COc3ccc(-n4c(C)ccc4C)cc3)o2)cc(Br)c1OCc1ccc(Cl)cc1Cl. The number of aryl methyl sites for hydroxylation is 2. The predicted molar refractivity (Wildman–Crippen MR) is 179 cm³/mol. The van der Waals surface area contributed by atoms with Crippen molar-refractivity contribution < 1.29 is 23.4 Å². The van der Waals surface area contributed by atoms with Crippen molar-refractivity contribution in [2.45, 2.75) is 34.0 Å². The topological polar surface area (TPSA) is 87.2 Å². The molecule has 0 saturated carbocycles. The fourth-order valence-corrected chi connectivity index (χ4v) is 5.61. The summed E-state index contributed by atoms with van der Waals surface area (Å²) in [7, 11) is 0. The van der Waals surface area contributed by atoms with Crippen molar-refractivity contribution >= 4 is 51.3 Å². The second-order valence-corrected chi connectivity index (χ2v) is 11.7. The smallest absolute Gasteiger partial charge is 0.307 e. The van der Waals surface area contributed by atoms with E-state index in [1.54, 1.807) is 36.4 Å². The van der Waals surface area contributed by atoms with Crippen molar-refractivity contribution in [3.05, 3.63) is 127 Å². The van der Waals surface area contributed by atoms with Crippen molar-refractivity contribution in [1.29, 1.82) is 0 Å². The van der Waals surface area contributed by atoms with E-state index in [1.807, 2.05) is 37.3 Å². The van der Waals surface area contributed by atoms with Gasteiger partial charge in [0.25, 0.3) is 0 Å². The van der Waals surface area contributed by atoms with Gasteiger partial charge in [-0.15, -0.1) is 0 Å². The van der Waals surface area contributed by atoms with E-state index in [4.69, 9.17) is 41.8 Å². The molecule has 1 N–H and O–H groups in total. The summed E-state index contributed by atoms with van der Waals surface area (Å²) in [4.78, 5) is 12.7. The number of halogens is 3. The van der Waals surface area contributed by atoms with Crippen molar-refractivity contribution in [3.63, 3.8) is 0 Å². The monoisotopic (exact) mass is 709 g/mol. The van der Waals surface area contributed by atoms with E-state index in [-0.39, 0.29) is 19.0 Å². The number of hydrogen-bond acceptors (Lipinski definition) is 6. The molecule has 0 fully saturated rings. The molecule has 0 spiro atoms. The van der Waals surface area contributed by atoms with Crippen molar-refractivity contribution in [3.8, 4) is 22.9 Å². The van der Waals surface area contributed by atoms with Crippen LogP contribution in [0.1, 0.15) is 45.8 Å². The molecule has 1 amide bonds. The van der Waals surface area contributed by atoms with Crippen LogP contribution in [0.25, 0.3) is 5.69 Å². The zero-order valence-corrected chi connectivity index (χ0v) is 27.9. The number of rotatable bonds is 12. The van der Waals surface area contributed by atoms with Crippen LogP contribution in [0.5, 0.6) is 17.2 Å². The second-order valence-electron chi connectivity index (χ2n) is 9.99. The molecule has 45 heavy (non-hydrogen) atoms. The van der Waals surface area contributed by atoms with Gasteiger partial charge in [0.2, 0.25) is 0 Å². The number of furan rings is 1. The zero-order valence-electron chi connectivity index (χ0n) is 24.8. The zero-order chi connectivity index (χ0) is 31.9. The van der Waals surface area contributed by atoms with Crippen molar-refractivity contribution in [1.82, 2.24) is 9.99 Å². The van der Waals surface area contributed by atoms with Crippen LogP contribution in [-0.4, -0.2) is 23.3 Å². The third-order valence-corrected chi connectivity index (χ3v) is 7.91. The van der Waals surface area contributed by atoms with Gasteiger partial charge >= 0.3 is 5.91 Å². The molecule has 2 aromatic heterocycles. The number of benzene rings is 3. The Morgan fingerprint density at radius 1 is 0.933 bits per heavy atom. The lowest BCUT2D eigenvalue weighted by Gasteiger charge is -2.15. The first-order chi connectivity index (χ1) is 21.7. The number of hydrogen-bond donors (Lipinski definition) is 1. The van der Waals surface area contributed by atoms with E-state index < -0.39 is 5.91 Å². The lowest BCUT2D eigenvalue weighted by molar-refractivity contribution is 0.0923. The standard InChI is InChI=1S/C34H30BrCl2N3O5/c1-4-42-32-16-23(15-29(35)33(32)44-19-24-7-8-25(36)17-30(24)37)18-38-39-34(41)31-14-13-28(45-31)20-43-27-11-9-26(10-12-27)40-21(2)5-6-22(40)3/h5-18H,4,19-20H2,1-3H3,(H,39,41)/b38-18+. The molecule has 232 valence electrons. The third kappa shape index (κ3) is 8.11. The van der Waals surface area contributed by atoms with Crippen LogP contribution in [0, 0.1) is 13.8 Å². The molecule has 0 unspecified atom stereocenters. The van der Waals surface area contributed by atoms with E-state index in [0.717, 1.165) is 22.6 Å². The van der Waals surface area contributed by atoms with Gasteiger partial charge in [0.05, 0.1) is 17.3 Å². The summed E-state index contributed by atoms with van der Waals surface area (Å²) in [6, 6.07) is 24.0. The molecule has 0 bridgehead atoms. The summed E-state index contributed by atoms with van der Waals surface area (Å²) in [5.41, 5.74) is 7.32. The molecular formula is C34H30BrCl2N3O5. The first-order valence-corrected chi connectivity index (χ1v) is 15.6. The Morgan fingerprint density at radius 2 is 1.69 bits per heavy atom. The predicted octanol–water partition coefficient (Wildman–Crippen LogP) is 9.08. The van der Waals surface area contributed by atoms with E-state index in [2.05, 4.69) is 57.0 Å². The van der Waals surface area contributed by atoms with Crippen LogP contribution in [-0.2, 0) is 13.2 Å². The molecule has 8 nitrogen and oxygen atoms in total. The number of ether oxygens (including phenoxy) is 3. The lowest BCUT2D eigenvalue weighted by Crippen LogP contribution is -2.16. The first-order valence-electron chi connectivity index (χ1n) is 14.0. The summed E-state index contributed by atoms with van der Waals surface area (Å²) in [5.74, 6) is 1.83. The molecule has 0 aliphatic rings. The number of nitrogens with one attached hydrogen (secondary N) is 1. The minimum Gasteiger partial charge on any atom is -0.490 e. The maximum Gasteiger partial charge on any atom is 0.307 e. The summed E-state index contributed by atoms with van der Waals surface area (Å²) in [6.07, 6.45) is 1.50. The minimum absolute atomic E-state index is 0.112. The van der Waals surface area contributed by atoms with Gasteiger partial charge in [0.15, 0.2) is 17.3 Å². The van der Waals surface area contributed by atoms with Crippen LogP contribution in [0.15, 0.2) is 92.9 Å². The fourth-order valence-electron chi connectivity index (χ4n) is 4.57. The van der Waals surface area contributed by atoms with Crippen LogP contribution < -0.4 is 19.6 Å². The Kier molecular flexibility index (Phi) is 10.5. The van der Waals surface area contributed by atoms with Gasteiger partial charge in [-0.2, -0.15) is 5.10 Å². The van der Waals surface area contributed by atoms with E-state index >= 15 is 0 Å². The van der Waals surface area contributed by atoms with Gasteiger partial charge in [-0.25, -0.2) is 5.43 Å². The number of hydrazone groups is 1. The highest BCUT2D eigenvalue weighted by Gasteiger charge is 2.15. The Labute approximate surface area is 279 Å². The molecule has 2 heterocycles. The van der Waals surface area contributed by atoms with Crippen molar-refractivity contribution in [2.75, 3.05) is 6.61 Å². The summed E-state index contributed by atoms with van der Waals surface area (Å²) >= 11 is 15.8. The quantitative estimate of drug-likeness (QED) is 0.103. The highest BCUT2D eigenvalue weighted by Crippen LogP contribution is 2.37. The van der Waals surface area contributed by atoms with Crippen molar-refractivity contribution in [2.24, 2.45) is 5.10 Å². The molecule has 3 aromatic carbocycles. The average Bonchev–Trinajstić information content (AvgIpc) is 3.63. The first kappa shape index (κ1) is 32.2. The van der Waals surface area contributed by atoms with E-state index in [9.17, 15) is 4.79 Å². The molecule has 0 radical (unpaired) electrons. The highest BCUT2D eigenvalue weighted by atomic mass is 79.9. The number of nitrogens with zero attached hydrogens (tertiary/aromatic N) is 2. The molecule has 5 rings (SSSR count). The molecule has 5 aromatic rings. The minimum atomic E-state index is -0.497. The Bertz CT molecular complexity index is 1810. The second kappa shape index (κ2) is 14.7. The normalized spacial score (nSPS) is 11.2. The Morgan fingerprint density at radius 3 is 2.40 bits per heavy atom. The largest absolute Gasteiger partial charge is 0.490 e. The lowest BCUT2D eigenvalue weighted by atomic mass is 10.2. The van der Waals surface area contributed by atoms with Crippen LogP contribution in [0.4, 0.5) is 0 Å². The van der Waals surface area contributed by atoms with E-state index in [0.29, 0.717) is 49.7 Å². The van der Waals surface area contributed by atoms with Gasteiger partial charge in [-0.05, 0) is 115 Å². The fraction of sp³-hybridized carbons (Fsp3) is 0.176. The number of carbonyl (C=O) groups excluding carboxylic acids is 1. The number of aromatic nitrogens is 1. The summed E-state index contributed by atoms with van der Waals surface area (Å²) < 4.78 is 26.2. The Balaban J connectivity index is 1.16. The maximum absolute atomic E-state index is 12.7. The molecule has 0 atom stereocenters. The van der Waals surface area contributed by atoms with Crippen LogP contribution >= 0.6 is 39.1 Å². The number of carbonyl (C=O) groups is 1. The molecular weight excluding hydrogens is 681 g/mol. The molecule has 11 heteroatoms. The highest BCUT2D eigenvalue weighted by molar-refractivity contribution is 9.10. The van der Waals surface area contributed by atoms with Gasteiger partial charge in [-0.3, -0.25) is 4.79 Å². The van der Waals surface area contributed by atoms with Crippen LogP contribution in [0.3, 0.4) is 0 Å².